The first-order valence-corrected chi connectivity index (χ1v) is 9.09. The molecule has 1 saturated carbocycles. The number of aryl methyl sites for hydroxylation is 1. The van der Waals surface area contributed by atoms with Crippen LogP contribution in [0, 0.1) is 6.92 Å². The van der Waals surface area contributed by atoms with Gasteiger partial charge < -0.3 is 9.32 Å². The second-order valence-electron chi connectivity index (χ2n) is 7.41. The molecule has 0 N–H and O–H groups in total. The highest BCUT2D eigenvalue weighted by atomic mass is 16.3. The van der Waals surface area contributed by atoms with Crippen LogP contribution in [-0.2, 0) is 5.54 Å². The van der Waals surface area contributed by atoms with Crippen molar-refractivity contribution in [3.63, 3.8) is 0 Å². The minimum atomic E-state index is 0.0416. The van der Waals surface area contributed by atoms with Crippen LogP contribution in [-0.4, -0.2) is 0 Å². The van der Waals surface area contributed by atoms with E-state index in [0.29, 0.717) is 6.04 Å². The van der Waals surface area contributed by atoms with Gasteiger partial charge >= 0.3 is 0 Å². The van der Waals surface area contributed by atoms with E-state index in [2.05, 4.69) is 67.3 Å². The fourth-order valence-corrected chi connectivity index (χ4v) is 5.14. The summed E-state index contributed by atoms with van der Waals surface area (Å²) in [5, 5.41) is 1.29. The lowest BCUT2D eigenvalue weighted by atomic mass is 9.93. The predicted molar refractivity (Wildman–Crippen MR) is 98.4 cm³/mol. The maximum Gasteiger partial charge on any atom is 0.136 e. The zero-order valence-corrected chi connectivity index (χ0v) is 14.4. The Morgan fingerprint density at radius 1 is 1.00 bits per heavy atom. The van der Waals surface area contributed by atoms with Crippen LogP contribution in [0.1, 0.15) is 55.5 Å². The van der Waals surface area contributed by atoms with E-state index in [4.69, 9.17) is 4.42 Å². The fraction of sp³-hybridized carbons (Fsp3) is 0.364. The zero-order chi connectivity index (χ0) is 16.3. The van der Waals surface area contributed by atoms with Crippen molar-refractivity contribution in [3.05, 3.63) is 65.4 Å². The molecule has 24 heavy (non-hydrogen) atoms. The molecular formula is C22H23NO. The molecule has 2 heteroatoms. The van der Waals surface area contributed by atoms with Crippen LogP contribution in [0.15, 0.2) is 52.9 Å². The van der Waals surface area contributed by atoms with E-state index in [1.54, 1.807) is 0 Å². The van der Waals surface area contributed by atoms with Gasteiger partial charge in [0.15, 0.2) is 0 Å². The first-order valence-electron chi connectivity index (χ1n) is 9.09. The van der Waals surface area contributed by atoms with E-state index in [0.717, 1.165) is 5.58 Å². The molecule has 2 nitrogen and oxygen atoms in total. The molecule has 0 unspecified atom stereocenters. The summed E-state index contributed by atoms with van der Waals surface area (Å²) in [6, 6.07) is 17.7. The maximum atomic E-state index is 6.47. The average Bonchev–Trinajstić information content (AvgIpc) is 3.26. The Hall–Kier alpha value is -2.22. The number of hydrogen-bond acceptors (Lipinski definition) is 2. The molecule has 0 radical (unpaired) electrons. The van der Waals surface area contributed by atoms with Crippen LogP contribution in [0.2, 0.25) is 0 Å². The number of para-hydroxylation sites is 2. The van der Waals surface area contributed by atoms with Crippen molar-refractivity contribution in [2.45, 2.75) is 51.1 Å². The molecular weight excluding hydrogens is 294 g/mol. The lowest BCUT2D eigenvalue weighted by Gasteiger charge is -2.40. The Kier molecular flexibility index (Phi) is 2.88. The number of benzene rings is 2. The van der Waals surface area contributed by atoms with E-state index in [1.807, 2.05) is 0 Å². The zero-order valence-electron chi connectivity index (χ0n) is 14.4. The Bertz CT molecular complexity index is 917. The van der Waals surface area contributed by atoms with E-state index in [1.165, 1.54) is 53.6 Å². The number of nitrogens with zero attached hydrogens (tertiary/aromatic N) is 1. The molecule has 3 aromatic rings. The average molecular weight is 317 g/mol. The number of fused-ring (bicyclic) bond motifs is 4. The second-order valence-corrected chi connectivity index (χ2v) is 7.41. The topological polar surface area (TPSA) is 16.4 Å². The lowest BCUT2D eigenvalue weighted by Crippen LogP contribution is -2.40. The molecule has 1 atom stereocenters. The Labute approximate surface area is 143 Å². The highest BCUT2D eigenvalue weighted by molar-refractivity contribution is 5.86. The first-order chi connectivity index (χ1) is 11.7. The van der Waals surface area contributed by atoms with Gasteiger partial charge in [-0.05, 0) is 44.4 Å². The largest absolute Gasteiger partial charge is 0.458 e. The Morgan fingerprint density at radius 3 is 2.50 bits per heavy atom. The number of rotatable bonds is 1. The highest BCUT2D eigenvalue weighted by Gasteiger charge is 2.54. The van der Waals surface area contributed by atoms with Gasteiger partial charge in [0, 0.05) is 16.6 Å². The molecule has 2 heterocycles. The summed E-state index contributed by atoms with van der Waals surface area (Å²) in [5.41, 5.74) is 5.22. The predicted octanol–water partition coefficient (Wildman–Crippen LogP) is 6.09. The lowest BCUT2D eigenvalue weighted by molar-refractivity contribution is 0.348. The summed E-state index contributed by atoms with van der Waals surface area (Å²) in [5.74, 6) is 1.23. The van der Waals surface area contributed by atoms with E-state index in [9.17, 15) is 0 Å². The molecule has 5 rings (SSSR count). The minimum absolute atomic E-state index is 0.0416. The van der Waals surface area contributed by atoms with Crippen LogP contribution in [0.5, 0.6) is 0 Å². The van der Waals surface area contributed by atoms with Gasteiger partial charge in [-0.15, -0.1) is 0 Å². The number of hydrogen-bond donors (Lipinski definition) is 0. The molecule has 1 aliphatic carbocycles. The fourth-order valence-electron chi connectivity index (χ4n) is 5.14. The Balaban J connectivity index is 1.79. The summed E-state index contributed by atoms with van der Waals surface area (Å²) in [6.45, 7) is 4.57. The maximum absolute atomic E-state index is 6.47. The van der Waals surface area contributed by atoms with Gasteiger partial charge in [0.2, 0.25) is 0 Å². The summed E-state index contributed by atoms with van der Waals surface area (Å²) in [4.78, 5) is 2.66. The van der Waals surface area contributed by atoms with Gasteiger partial charge in [-0.2, -0.15) is 0 Å². The van der Waals surface area contributed by atoms with Crippen molar-refractivity contribution in [3.8, 4) is 0 Å². The van der Waals surface area contributed by atoms with Crippen molar-refractivity contribution in [1.29, 1.82) is 0 Å². The Morgan fingerprint density at radius 2 is 1.71 bits per heavy atom. The molecule has 1 fully saturated rings. The molecule has 1 aliphatic heterocycles. The molecule has 1 spiro atoms. The monoisotopic (exact) mass is 317 g/mol. The summed E-state index contributed by atoms with van der Waals surface area (Å²) < 4.78 is 6.47. The second kappa shape index (κ2) is 4.89. The van der Waals surface area contributed by atoms with Crippen molar-refractivity contribution < 1.29 is 4.42 Å². The van der Waals surface area contributed by atoms with Gasteiger partial charge in [-0.3, -0.25) is 0 Å². The highest BCUT2D eigenvalue weighted by Crippen LogP contribution is 2.58. The van der Waals surface area contributed by atoms with Crippen molar-refractivity contribution in [1.82, 2.24) is 0 Å². The summed E-state index contributed by atoms with van der Waals surface area (Å²) in [7, 11) is 0. The van der Waals surface area contributed by atoms with Crippen molar-refractivity contribution >= 4 is 16.7 Å². The van der Waals surface area contributed by atoms with Crippen LogP contribution >= 0.6 is 0 Å². The van der Waals surface area contributed by atoms with Crippen LogP contribution in [0.4, 0.5) is 5.69 Å². The van der Waals surface area contributed by atoms with Crippen LogP contribution < -0.4 is 4.90 Å². The van der Waals surface area contributed by atoms with Crippen LogP contribution in [0.3, 0.4) is 0 Å². The quantitative estimate of drug-likeness (QED) is 0.540. The summed E-state index contributed by atoms with van der Waals surface area (Å²) in [6.07, 6.45) is 4.95. The third-order valence-corrected chi connectivity index (χ3v) is 6.13. The van der Waals surface area contributed by atoms with Gasteiger partial charge in [-0.25, -0.2) is 0 Å². The first kappa shape index (κ1) is 14.2. The van der Waals surface area contributed by atoms with Crippen LogP contribution in [0.25, 0.3) is 11.0 Å². The summed E-state index contributed by atoms with van der Waals surface area (Å²) >= 11 is 0. The SMILES string of the molecule is Cc1ccccc1N1[C@@H](C)c2c(oc3ccccc23)C12CCCC2. The van der Waals surface area contributed by atoms with Gasteiger partial charge in [0.1, 0.15) is 11.3 Å². The smallest absolute Gasteiger partial charge is 0.136 e. The van der Waals surface area contributed by atoms with Gasteiger partial charge in [-0.1, -0.05) is 49.2 Å². The van der Waals surface area contributed by atoms with Crippen molar-refractivity contribution in [2.75, 3.05) is 4.90 Å². The van der Waals surface area contributed by atoms with E-state index < -0.39 is 0 Å². The minimum Gasteiger partial charge on any atom is -0.458 e. The molecule has 0 saturated heterocycles. The van der Waals surface area contributed by atoms with Gasteiger partial charge in [0.25, 0.3) is 0 Å². The number of furan rings is 1. The standard InChI is InChI=1S/C22H23NO/c1-15-9-3-5-11-18(15)23-16(2)20-17-10-4-6-12-19(17)24-21(20)22(23)13-7-8-14-22/h3-6,9-12,16H,7-8,13-14H2,1-2H3/t16-/m0/s1. The van der Waals surface area contributed by atoms with E-state index in [-0.39, 0.29) is 5.54 Å². The third-order valence-electron chi connectivity index (χ3n) is 6.13. The van der Waals surface area contributed by atoms with E-state index >= 15 is 0 Å². The molecule has 0 bridgehead atoms. The molecule has 2 aromatic carbocycles. The van der Waals surface area contributed by atoms with Gasteiger partial charge in [0.05, 0.1) is 11.6 Å². The number of anilines is 1. The van der Waals surface area contributed by atoms with Crippen molar-refractivity contribution in [2.24, 2.45) is 0 Å². The normalized spacial score (nSPS) is 21.8. The third kappa shape index (κ3) is 1.66. The molecule has 122 valence electrons. The molecule has 2 aliphatic rings. The molecule has 0 amide bonds. The molecule has 1 aromatic heterocycles.